The first-order valence-electron chi connectivity index (χ1n) is 6.24. The number of nitrogens with one attached hydrogen (secondary N) is 1. The summed E-state index contributed by atoms with van der Waals surface area (Å²) in [6.07, 6.45) is 1.34. The van der Waals surface area contributed by atoms with Gasteiger partial charge in [-0.15, -0.1) is 0 Å². The molecule has 1 saturated heterocycles. The van der Waals surface area contributed by atoms with Crippen molar-refractivity contribution in [2.45, 2.75) is 25.8 Å². The molecule has 0 aromatic heterocycles. The number of piperidine rings is 1. The highest BCUT2D eigenvalue weighted by Gasteiger charge is 2.31. The van der Waals surface area contributed by atoms with Crippen LogP contribution >= 0.6 is 0 Å². The molecule has 1 fully saturated rings. The van der Waals surface area contributed by atoms with Crippen molar-refractivity contribution in [2.24, 2.45) is 0 Å². The lowest BCUT2D eigenvalue weighted by Gasteiger charge is -2.32. The number of benzene rings is 1. The molecular formula is C13H15F3N2O. The molecule has 1 aliphatic rings. The highest BCUT2D eigenvalue weighted by Crippen LogP contribution is 2.27. The van der Waals surface area contributed by atoms with Crippen LogP contribution in [0.1, 0.15) is 19.8 Å². The third-order valence-corrected chi connectivity index (χ3v) is 3.19. The summed E-state index contributed by atoms with van der Waals surface area (Å²) in [5.41, 5.74) is -0.202. The van der Waals surface area contributed by atoms with Crippen molar-refractivity contribution in [1.29, 1.82) is 0 Å². The van der Waals surface area contributed by atoms with Crippen molar-refractivity contribution < 1.29 is 18.0 Å². The first kappa shape index (κ1) is 13.9. The zero-order valence-corrected chi connectivity index (χ0v) is 10.5. The Labute approximate surface area is 109 Å². The van der Waals surface area contributed by atoms with Gasteiger partial charge < -0.3 is 10.2 Å². The highest BCUT2D eigenvalue weighted by molar-refractivity contribution is 5.98. The zero-order chi connectivity index (χ0) is 14.0. The number of nitrogens with zero attached hydrogens (tertiary/aromatic N) is 1. The predicted molar refractivity (Wildman–Crippen MR) is 65.4 cm³/mol. The summed E-state index contributed by atoms with van der Waals surface area (Å²) in [7, 11) is 0. The minimum Gasteiger partial charge on any atom is -0.308 e. The number of rotatable bonds is 3. The van der Waals surface area contributed by atoms with Crippen LogP contribution < -0.4 is 10.2 Å². The Morgan fingerprint density at radius 3 is 2.74 bits per heavy atom. The predicted octanol–water partition coefficient (Wildman–Crippen LogP) is 2.21. The molecule has 1 N–H and O–H groups in total. The standard InChI is InChI=1S/C13H15F3N2O/c1-2-17-9-4-3-7-18(13(9)19)10-6-5-8(14)11(15)12(10)16/h5-6,9,17H,2-4,7H2,1H3. The molecule has 1 aromatic carbocycles. The molecule has 0 aliphatic carbocycles. The third-order valence-electron chi connectivity index (χ3n) is 3.19. The van der Waals surface area contributed by atoms with Gasteiger partial charge in [0.05, 0.1) is 11.7 Å². The van der Waals surface area contributed by atoms with Crippen molar-refractivity contribution in [1.82, 2.24) is 5.32 Å². The maximum absolute atomic E-state index is 13.7. The van der Waals surface area contributed by atoms with E-state index in [1.807, 2.05) is 6.92 Å². The fraction of sp³-hybridized carbons (Fsp3) is 0.462. The van der Waals surface area contributed by atoms with Crippen molar-refractivity contribution in [3.63, 3.8) is 0 Å². The van der Waals surface area contributed by atoms with Crippen molar-refractivity contribution in [3.8, 4) is 0 Å². The Hall–Kier alpha value is -1.56. The van der Waals surface area contributed by atoms with Crippen LogP contribution in [0.15, 0.2) is 12.1 Å². The molecule has 1 unspecified atom stereocenters. The van der Waals surface area contributed by atoms with Crippen LogP contribution in [0.3, 0.4) is 0 Å². The first-order chi connectivity index (χ1) is 9.06. The van der Waals surface area contributed by atoms with Crippen LogP contribution in [0.2, 0.25) is 0 Å². The minimum atomic E-state index is -1.55. The number of amides is 1. The quantitative estimate of drug-likeness (QED) is 0.856. The monoisotopic (exact) mass is 272 g/mol. The van der Waals surface area contributed by atoms with Gasteiger partial charge >= 0.3 is 0 Å². The zero-order valence-electron chi connectivity index (χ0n) is 10.5. The third kappa shape index (κ3) is 2.58. The minimum absolute atomic E-state index is 0.202. The SMILES string of the molecule is CCNC1CCCN(c2ccc(F)c(F)c2F)C1=O. The molecule has 1 aromatic rings. The second-order valence-electron chi connectivity index (χ2n) is 4.44. The number of likely N-dealkylation sites (N-methyl/N-ethyl adjacent to an activating group) is 1. The second kappa shape index (κ2) is 5.61. The van der Waals surface area contributed by atoms with Crippen molar-refractivity contribution in [2.75, 3.05) is 18.0 Å². The van der Waals surface area contributed by atoms with Gasteiger partial charge in [-0.05, 0) is 31.5 Å². The number of anilines is 1. The van der Waals surface area contributed by atoms with E-state index in [-0.39, 0.29) is 11.6 Å². The van der Waals surface area contributed by atoms with Crippen LogP contribution in [0, 0.1) is 17.5 Å². The lowest BCUT2D eigenvalue weighted by Crippen LogP contribution is -2.51. The number of hydrogen-bond donors (Lipinski definition) is 1. The van der Waals surface area contributed by atoms with Gasteiger partial charge in [0.25, 0.3) is 0 Å². The summed E-state index contributed by atoms with van der Waals surface area (Å²) in [5.74, 6) is -4.42. The Bertz CT molecular complexity index is 491. The van der Waals surface area contributed by atoms with Gasteiger partial charge in [0.1, 0.15) is 0 Å². The molecule has 3 nitrogen and oxygen atoms in total. The van der Waals surface area contributed by atoms with E-state index >= 15 is 0 Å². The maximum Gasteiger partial charge on any atom is 0.244 e. The Balaban J connectivity index is 2.31. The smallest absolute Gasteiger partial charge is 0.244 e. The molecule has 1 aliphatic heterocycles. The van der Waals surface area contributed by atoms with E-state index in [9.17, 15) is 18.0 Å². The summed E-state index contributed by atoms with van der Waals surface area (Å²) >= 11 is 0. The fourth-order valence-corrected chi connectivity index (χ4v) is 2.27. The normalized spacial score (nSPS) is 19.9. The number of halogens is 3. The fourth-order valence-electron chi connectivity index (χ4n) is 2.27. The molecule has 104 valence electrons. The first-order valence-corrected chi connectivity index (χ1v) is 6.24. The number of hydrogen-bond acceptors (Lipinski definition) is 2. The van der Waals surface area contributed by atoms with Gasteiger partial charge in [0.15, 0.2) is 17.5 Å². The van der Waals surface area contributed by atoms with Gasteiger partial charge in [-0.25, -0.2) is 13.2 Å². The Morgan fingerprint density at radius 2 is 2.05 bits per heavy atom. The molecule has 1 atom stereocenters. The van der Waals surface area contributed by atoms with Crippen molar-refractivity contribution in [3.05, 3.63) is 29.6 Å². The molecule has 19 heavy (non-hydrogen) atoms. The van der Waals surface area contributed by atoms with Crippen LogP contribution in [0.4, 0.5) is 18.9 Å². The molecule has 0 radical (unpaired) electrons. The Kier molecular flexibility index (Phi) is 4.09. The van der Waals surface area contributed by atoms with E-state index in [2.05, 4.69) is 5.32 Å². The summed E-state index contributed by atoms with van der Waals surface area (Å²) < 4.78 is 39.8. The van der Waals surface area contributed by atoms with E-state index in [1.165, 1.54) is 4.90 Å². The van der Waals surface area contributed by atoms with E-state index in [0.29, 0.717) is 25.9 Å². The van der Waals surface area contributed by atoms with Gasteiger partial charge in [-0.3, -0.25) is 4.79 Å². The largest absolute Gasteiger partial charge is 0.308 e. The molecule has 1 amide bonds. The number of carbonyl (C=O) groups is 1. The van der Waals surface area contributed by atoms with Gasteiger partial charge in [0, 0.05) is 6.54 Å². The topological polar surface area (TPSA) is 32.3 Å². The highest BCUT2D eigenvalue weighted by atomic mass is 19.2. The summed E-state index contributed by atoms with van der Waals surface area (Å²) in [6, 6.07) is 1.53. The number of carbonyl (C=O) groups excluding carboxylic acids is 1. The average molecular weight is 272 g/mol. The van der Waals surface area contributed by atoms with Crippen LogP contribution in [0.5, 0.6) is 0 Å². The van der Waals surface area contributed by atoms with Gasteiger partial charge in [0.2, 0.25) is 5.91 Å². The summed E-state index contributed by atoms with van der Waals surface area (Å²) in [4.78, 5) is 13.3. The molecule has 2 rings (SSSR count). The van der Waals surface area contributed by atoms with E-state index in [4.69, 9.17) is 0 Å². The summed E-state index contributed by atoms with van der Waals surface area (Å²) in [5, 5.41) is 3.00. The van der Waals surface area contributed by atoms with Crippen LogP contribution in [0.25, 0.3) is 0 Å². The molecule has 0 bridgehead atoms. The Morgan fingerprint density at radius 1 is 1.32 bits per heavy atom. The van der Waals surface area contributed by atoms with E-state index in [1.54, 1.807) is 0 Å². The maximum atomic E-state index is 13.7. The average Bonchev–Trinajstić information content (AvgIpc) is 2.40. The lowest BCUT2D eigenvalue weighted by molar-refractivity contribution is -0.121. The van der Waals surface area contributed by atoms with E-state index < -0.39 is 23.5 Å². The van der Waals surface area contributed by atoms with Gasteiger partial charge in [-0.1, -0.05) is 6.92 Å². The van der Waals surface area contributed by atoms with Gasteiger partial charge in [-0.2, -0.15) is 0 Å². The van der Waals surface area contributed by atoms with Crippen LogP contribution in [-0.2, 0) is 4.79 Å². The molecule has 0 spiro atoms. The van der Waals surface area contributed by atoms with Crippen molar-refractivity contribution >= 4 is 11.6 Å². The second-order valence-corrected chi connectivity index (χ2v) is 4.44. The molecule has 0 saturated carbocycles. The lowest BCUT2D eigenvalue weighted by atomic mass is 10.0. The van der Waals surface area contributed by atoms with E-state index in [0.717, 1.165) is 12.1 Å². The molecule has 1 heterocycles. The summed E-state index contributed by atoms with van der Waals surface area (Å²) in [6.45, 7) is 2.79. The molecular weight excluding hydrogens is 257 g/mol. The van der Waals surface area contributed by atoms with Crippen LogP contribution in [-0.4, -0.2) is 25.0 Å². The molecule has 6 heteroatoms.